The minimum absolute atomic E-state index is 0.246. The number of unbranched alkanes of at least 4 members (excludes halogenated alkanes) is 2. The van der Waals surface area contributed by atoms with E-state index in [4.69, 9.17) is 9.84 Å². The summed E-state index contributed by atoms with van der Waals surface area (Å²) in [7, 11) is 1.65. The molecule has 0 aliphatic rings. The van der Waals surface area contributed by atoms with E-state index in [2.05, 4.69) is 11.8 Å². The number of rotatable bonds is 4. The van der Waals surface area contributed by atoms with E-state index in [1.54, 1.807) is 7.11 Å². The van der Waals surface area contributed by atoms with Crippen LogP contribution in [0.2, 0.25) is 0 Å². The third-order valence-electron chi connectivity index (χ3n) is 2.04. The highest BCUT2D eigenvalue weighted by molar-refractivity contribution is 5.45. The van der Waals surface area contributed by atoms with Crippen molar-refractivity contribution in [3.63, 3.8) is 0 Å². The molecule has 0 amide bonds. The van der Waals surface area contributed by atoms with Gasteiger partial charge < -0.3 is 9.84 Å². The number of methoxy groups -OCH3 is 1. The molecule has 0 aliphatic heterocycles. The highest BCUT2D eigenvalue weighted by atomic mass is 16.5. The second-order valence-corrected chi connectivity index (χ2v) is 3.18. The fourth-order valence-corrected chi connectivity index (χ4v) is 1.23. The largest absolute Gasteiger partial charge is 0.495 e. The number of benzene rings is 1. The van der Waals surface area contributed by atoms with Gasteiger partial charge in [-0.25, -0.2) is 0 Å². The summed E-state index contributed by atoms with van der Waals surface area (Å²) in [5, 5.41) is 8.60. The molecule has 1 aromatic rings. The fourth-order valence-electron chi connectivity index (χ4n) is 1.23. The number of hydrogen-bond donors (Lipinski definition) is 1. The third-order valence-corrected chi connectivity index (χ3v) is 2.04. The Bertz CT molecular complexity index is 347. The van der Waals surface area contributed by atoms with Gasteiger partial charge in [-0.2, -0.15) is 0 Å². The van der Waals surface area contributed by atoms with Crippen LogP contribution in [0.5, 0.6) is 5.75 Å². The molecule has 0 aliphatic carbocycles. The van der Waals surface area contributed by atoms with Crippen molar-refractivity contribution in [3.8, 4) is 17.6 Å². The molecule has 1 rings (SSSR count). The van der Waals surface area contributed by atoms with Crippen LogP contribution in [0.15, 0.2) is 24.3 Å². The van der Waals surface area contributed by atoms with Crippen LogP contribution in [0.1, 0.15) is 24.8 Å². The molecule has 0 radical (unpaired) electrons. The number of para-hydroxylation sites is 1. The molecule has 15 heavy (non-hydrogen) atoms. The molecule has 0 saturated heterocycles. The molecule has 1 aromatic carbocycles. The van der Waals surface area contributed by atoms with Crippen LogP contribution < -0.4 is 4.74 Å². The molecule has 0 bridgehead atoms. The monoisotopic (exact) mass is 204 g/mol. The first-order valence-corrected chi connectivity index (χ1v) is 5.11. The van der Waals surface area contributed by atoms with Gasteiger partial charge in [-0.15, -0.1) is 0 Å². The van der Waals surface area contributed by atoms with Gasteiger partial charge in [-0.1, -0.05) is 24.0 Å². The van der Waals surface area contributed by atoms with E-state index in [-0.39, 0.29) is 6.61 Å². The molecular weight excluding hydrogens is 188 g/mol. The Labute approximate surface area is 90.9 Å². The average molecular weight is 204 g/mol. The van der Waals surface area contributed by atoms with E-state index in [1.807, 2.05) is 24.3 Å². The van der Waals surface area contributed by atoms with Crippen LogP contribution in [-0.2, 0) is 0 Å². The molecule has 2 heteroatoms. The molecular formula is C13H16O2. The van der Waals surface area contributed by atoms with Gasteiger partial charge in [0.15, 0.2) is 0 Å². The van der Waals surface area contributed by atoms with Crippen molar-refractivity contribution in [2.45, 2.75) is 19.3 Å². The Morgan fingerprint density at radius 3 is 2.80 bits per heavy atom. The lowest BCUT2D eigenvalue weighted by molar-refractivity contribution is 0.285. The van der Waals surface area contributed by atoms with Crippen LogP contribution in [0.25, 0.3) is 0 Å². The summed E-state index contributed by atoms with van der Waals surface area (Å²) in [6, 6.07) is 7.71. The number of aliphatic hydroxyl groups excluding tert-OH is 1. The van der Waals surface area contributed by atoms with Crippen molar-refractivity contribution in [3.05, 3.63) is 29.8 Å². The number of aliphatic hydroxyl groups is 1. The first-order valence-electron chi connectivity index (χ1n) is 5.11. The smallest absolute Gasteiger partial charge is 0.134 e. The second kappa shape index (κ2) is 6.92. The topological polar surface area (TPSA) is 29.5 Å². The maximum atomic E-state index is 8.60. The van der Waals surface area contributed by atoms with E-state index < -0.39 is 0 Å². The van der Waals surface area contributed by atoms with Crippen LogP contribution >= 0.6 is 0 Å². The summed E-state index contributed by atoms with van der Waals surface area (Å²) in [5.74, 6) is 6.95. The van der Waals surface area contributed by atoms with Crippen molar-refractivity contribution in [2.75, 3.05) is 13.7 Å². The molecule has 0 heterocycles. The fraction of sp³-hybridized carbons (Fsp3) is 0.385. The average Bonchev–Trinajstić information content (AvgIpc) is 2.29. The molecule has 0 saturated carbocycles. The molecule has 0 fully saturated rings. The maximum Gasteiger partial charge on any atom is 0.134 e. The summed E-state index contributed by atoms with van der Waals surface area (Å²) in [5.41, 5.74) is 0.920. The standard InChI is InChI=1S/C13H16O2/c1-15-13-10-6-5-9-12(13)8-4-2-3-7-11-14/h5-6,9-10,14H,2-3,7,11H2,1H3. The van der Waals surface area contributed by atoms with Crippen molar-refractivity contribution < 1.29 is 9.84 Å². The molecule has 80 valence electrons. The van der Waals surface area contributed by atoms with Gasteiger partial charge in [0.25, 0.3) is 0 Å². The molecule has 0 spiro atoms. The number of ether oxygens (including phenoxy) is 1. The summed E-state index contributed by atoms with van der Waals surface area (Å²) < 4.78 is 5.18. The van der Waals surface area contributed by atoms with E-state index in [1.165, 1.54) is 0 Å². The Hall–Kier alpha value is -1.46. The maximum absolute atomic E-state index is 8.60. The quantitative estimate of drug-likeness (QED) is 0.602. The zero-order valence-electron chi connectivity index (χ0n) is 8.99. The predicted molar refractivity (Wildman–Crippen MR) is 60.8 cm³/mol. The highest BCUT2D eigenvalue weighted by Crippen LogP contribution is 2.15. The Kier molecular flexibility index (Phi) is 5.35. The van der Waals surface area contributed by atoms with E-state index >= 15 is 0 Å². The summed E-state index contributed by atoms with van der Waals surface area (Å²) >= 11 is 0. The Balaban J connectivity index is 2.55. The van der Waals surface area contributed by atoms with E-state index in [9.17, 15) is 0 Å². The SMILES string of the molecule is COc1ccccc1C#CCCCCO. The van der Waals surface area contributed by atoms with Crippen molar-refractivity contribution >= 4 is 0 Å². The normalized spacial score (nSPS) is 9.20. The molecule has 0 atom stereocenters. The van der Waals surface area contributed by atoms with Gasteiger partial charge in [0.2, 0.25) is 0 Å². The lowest BCUT2D eigenvalue weighted by Gasteiger charge is -2.00. The molecule has 1 N–H and O–H groups in total. The van der Waals surface area contributed by atoms with Gasteiger partial charge in [0.1, 0.15) is 5.75 Å². The lowest BCUT2D eigenvalue weighted by Crippen LogP contribution is -1.86. The first kappa shape index (κ1) is 11.6. The number of hydrogen-bond acceptors (Lipinski definition) is 2. The van der Waals surface area contributed by atoms with E-state index in [0.29, 0.717) is 0 Å². The minimum atomic E-state index is 0.246. The highest BCUT2D eigenvalue weighted by Gasteiger charge is 1.95. The summed E-state index contributed by atoms with van der Waals surface area (Å²) in [6.45, 7) is 0.246. The van der Waals surface area contributed by atoms with Gasteiger partial charge in [0.05, 0.1) is 12.7 Å². The van der Waals surface area contributed by atoms with Crippen LogP contribution in [0.3, 0.4) is 0 Å². The van der Waals surface area contributed by atoms with Gasteiger partial charge in [0, 0.05) is 13.0 Å². The minimum Gasteiger partial charge on any atom is -0.495 e. The predicted octanol–water partition coefficient (Wildman–Crippen LogP) is 2.21. The van der Waals surface area contributed by atoms with Crippen LogP contribution in [0.4, 0.5) is 0 Å². The molecule has 0 aromatic heterocycles. The van der Waals surface area contributed by atoms with Gasteiger partial charge >= 0.3 is 0 Å². The summed E-state index contributed by atoms with van der Waals surface area (Å²) in [6.07, 6.45) is 2.58. The Morgan fingerprint density at radius 1 is 1.27 bits per heavy atom. The van der Waals surface area contributed by atoms with Crippen molar-refractivity contribution in [2.24, 2.45) is 0 Å². The Morgan fingerprint density at radius 2 is 2.07 bits per heavy atom. The molecule has 0 unspecified atom stereocenters. The van der Waals surface area contributed by atoms with Crippen molar-refractivity contribution in [1.29, 1.82) is 0 Å². The summed E-state index contributed by atoms with van der Waals surface area (Å²) in [4.78, 5) is 0. The third kappa shape index (κ3) is 4.05. The van der Waals surface area contributed by atoms with Crippen LogP contribution in [-0.4, -0.2) is 18.8 Å². The van der Waals surface area contributed by atoms with Gasteiger partial charge in [-0.3, -0.25) is 0 Å². The zero-order chi connectivity index (χ0) is 10.9. The first-order chi connectivity index (χ1) is 7.38. The van der Waals surface area contributed by atoms with Gasteiger partial charge in [-0.05, 0) is 25.0 Å². The van der Waals surface area contributed by atoms with Crippen LogP contribution in [0, 0.1) is 11.8 Å². The molecule has 2 nitrogen and oxygen atoms in total. The van der Waals surface area contributed by atoms with E-state index in [0.717, 1.165) is 30.6 Å². The van der Waals surface area contributed by atoms with Crippen molar-refractivity contribution in [1.82, 2.24) is 0 Å². The lowest BCUT2D eigenvalue weighted by atomic mass is 10.2. The zero-order valence-corrected chi connectivity index (χ0v) is 8.99. The second-order valence-electron chi connectivity index (χ2n) is 3.18.